The van der Waals surface area contributed by atoms with Crippen molar-refractivity contribution in [1.82, 2.24) is 4.98 Å². The third-order valence-electron chi connectivity index (χ3n) is 9.84. The second-order valence-electron chi connectivity index (χ2n) is 12.6. The molecule has 0 amide bonds. The summed E-state index contributed by atoms with van der Waals surface area (Å²) in [5, 5.41) is 0. The van der Waals surface area contributed by atoms with Crippen LogP contribution in [0.4, 0.5) is 0 Å². The summed E-state index contributed by atoms with van der Waals surface area (Å²) in [5.74, 6) is 20.7. The van der Waals surface area contributed by atoms with Crippen LogP contribution in [-0.2, 0) is 5.41 Å². The van der Waals surface area contributed by atoms with Gasteiger partial charge in [-0.1, -0.05) is 72.8 Å². The number of fused-ring (bicyclic) bond motifs is 10. The van der Waals surface area contributed by atoms with Crippen molar-refractivity contribution in [2.75, 3.05) is 0 Å². The van der Waals surface area contributed by atoms with Crippen LogP contribution in [0.3, 0.4) is 0 Å². The Kier molecular flexibility index (Phi) is 8.25. The molecule has 0 saturated carbocycles. The van der Waals surface area contributed by atoms with Crippen LogP contribution < -0.4 is 9.47 Å². The maximum Gasteiger partial charge on any atom is 0.184 e. The monoisotopic (exact) mass is 673 g/mol. The van der Waals surface area contributed by atoms with Gasteiger partial charge in [0.2, 0.25) is 0 Å². The zero-order valence-electron chi connectivity index (χ0n) is 28.9. The van der Waals surface area contributed by atoms with Crippen LogP contribution in [0.25, 0.3) is 44.6 Å². The van der Waals surface area contributed by atoms with E-state index in [1.165, 1.54) is 38.9 Å². The van der Waals surface area contributed by atoms with Crippen LogP contribution >= 0.6 is 0 Å². The van der Waals surface area contributed by atoms with Crippen molar-refractivity contribution >= 4 is 0 Å². The van der Waals surface area contributed by atoms with Gasteiger partial charge in [0, 0.05) is 35.4 Å². The number of hydrogen-bond acceptors (Lipinski definition) is 3. The molecule has 0 aliphatic heterocycles. The topological polar surface area (TPSA) is 31.4 Å². The lowest BCUT2D eigenvalue weighted by molar-refractivity contribution is 0.451. The van der Waals surface area contributed by atoms with Crippen molar-refractivity contribution in [2.24, 2.45) is 0 Å². The van der Waals surface area contributed by atoms with Crippen molar-refractivity contribution in [3.8, 4) is 129 Å². The molecule has 0 N–H and O–H groups in total. The number of ether oxygens (including phenoxy) is 2. The number of aromatic nitrogens is 1. The summed E-state index contributed by atoms with van der Waals surface area (Å²) in [6.07, 6.45) is 17.7. The van der Waals surface area contributed by atoms with E-state index < -0.39 is 5.41 Å². The lowest BCUT2D eigenvalue weighted by atomic mass is 9.70. The Labute approximate surface area is 310 Å². The van der Waals surface area contributed by atoms with Crippen LogP contribution in [0, 0.1) is 86.3 Å². The fraction of sp³-hybridized carbons (Fsp3) is 0.0600. The quantitative estimate of drug-likeness (QED) is 0.175. The van der Waals surface area contributed by atoms with Gasteiger partial charge in [0.15, 0.2) is 11.5 Å². The van der Waals surface area contributed by atoms with Crippen molar-refractivity contribution in [2.45, 2.75) is 19.3 Å². The van der Waals surface area contributed by atoms with Gasteiger partial charge < -0.3 is 9.47 Å². The van der Waals surface area contributed by atoms with Crippen LogP contribution in [0.15, 0.2) is 115 Å². The Morgan fingerprint density at radius 3 is 1.87 bits per heavy atom. The normalized spacial score (nSPS) is 13.3. The average Bonchev–Trinajstić information content (AvgIpc) is 3.63. The van der Waals surface area contributed by atoms with Crippen molar-refractivity contribution < 1.29 is 9.47 Å². The van der Waals surface area contributed by atoms with Crippen LogP contribution in [0.5, 0.6) is 11.5 Å². The number of aryl methyl sites for hydroxylation is 2. The number of nitrogens with zero attached hydrogens (tertiary/aromatic N) is 1. The Balaban J connectivity index is 1.37. The first kappa shape index (κ1) is 32.4. The zero-order valence-corrected chi connectivity index (χ0v) is 28.9. The first-order valence-corrected chi connectivity index (χ1v) is 16.9. The molecule has 1 unspecified atom stereocenters. The molecule has 0 fully saturated rings. The van der Waals surface area contributed by atoms with Gasteiger partial charge >= 0.3 is 0 Å². The van der Waals surface area contributed by atoms with Gasteiger partial charge in [-0.2, -0.15) is 0 Å². The van der Waals surface area contributed by atoms with Gasteiger partial charge in [-0.3, -0.25) is 4.98 Å². The van der Waals surface area contributed by atoms with E-state index in [9.17, 15) is 0 Å². The van der Waals surface area contributed by atoms with Gasteiger partial charge in [0.25, 0.3) is 0 Å². The molecule has 5 aromatic carbocycles. The third kappa shape index (κ3) is 5.45. The first-order valence-electron chi connectivity index (χ1n) is 16.9. The summed E-state index contributed by atoms with van der Waals surface area (Å²) >= 11 is 0. The Morgan fingerprint density at radius 2 is 1.11 bits per heavy atom. The number of rotatable bonds is 4. The van der Waals surface area contributed by atoms with Crippen molar-refractivity contribution in [1.29, 1.82) is 0 Å². The molecule has 2 aliphatic rings. The predicted molar refractivity (Wildman–Crippen MR) is 211 cm³/mol. The Bertz CT molecular complexity index is 2860. The minimum Gasteiger partial charge on any atom is -0.403 e. The van der Waals surface area contributed by atoms with Gasteiger partial charge in [0.05, 0.1) is 11.1 Å². The Morgan fingerprint density at radius 1 is 0.491 bits per heavy atom. The highest BCUT2D eigenvalue weighted by atomic mass is 16.5. The smallest absolute Gasteiger partial charge is 0.184 e. The van der Waals surface area contributed by atoms with E-state index in [1.807, 2.05) is 36.5 Å². The molecule has 3 nitrogen and oxygen atoms in total. The summed E-state index contributed by atoms with van der Waals surface area (Å²) in [4.78, 5) is 4.59. The van der Waals surface area contributed by atoms with Gasteiger partial charge in [-0.15, -0.1) is 12.8 Å². The van der Waals surface area contributed by atoms with Crippen LogP contribution in [-0.4, -0.2) is 4.98 Å². The molecule has 1 aromatic heterocycles. The summed E-state index contributed by atoms with van der Waals surface area (Å²) in [6.45, 7) is 4.30. The highest BCUT2D eigenvalue weighted by molar-refractivity contribution is 5.97. The van der Waals surface area contributed by atoms with E-state index in [0.717, 1.165) is 39.1 Å². The predicted octanol–water partition coefficient (Wildman–Crippen LogP) is 9.33. The molecular weight excluding hydrogens is 647 g/mol. The van der Waals surface area contributed by atoms with Gasteiger partial charge in [-0.05, 0) is 141 Å². The fourth-order valence-corrected chi connectivity index (χ4v) is 7.53. The molecule has 0 radical (unpaired) electrons. The number of hydrogen-bond donors (Lipinski definition) is 0. The standard InChI is InChI=1S/C50H27NO2/c1-5-7-9-15-26-52-48-32-42-40-28-34(3)35(4)29-45(40)50(46(42)33-49(48)53-27-16-10-8-6-2)43-21-12-11-20-39(43)41-31-37(23-24-44(41)50)36-18-17-19-38(30-36)47-22-13-14-25-51-47/h1-2,11-14,17-25,28-33H,3-4H3. The summed E-state index contributed by atoms with van der Waals surface area (Å²) in [7, 11) is 0. The molecule has 244 valence electrons. The second kappa shape index (κ2) is 13.5. The molecule has 0 saturated heterocycles. The summed E-state index contributed by atoms with van der Waals surface area (Å²) in [6, 6.07) is 38.6. The Hall–Kier alpha value is -7.79. The average molecular weight is 674 g/mol. The molecule has 3 heteroatoms. The van der Waals surface area contributed by atoms with Gasteiger partial charge in [-0.25, -0.2) is 0 Å². The zero-order chi connectivity index (χ0) is 36.4. The highest BCUT2D eigenvalue weighted by Crippen LogP contribution is 2.64. The molecule has 6 aromatic rings. The number of pyridine rings is 1. The van der Waals surface area contributed by atoms with E-state index in [4.69, 9.17) is 22.3 Å². The first-order chi connectivity index (χ1) is 26.0. The lowest BCUT2D eigenvalue weighted by Gasteiger charge is -2.31. The summed E-state index contributed by atoms with van der Waals surface area (Å²) < 4.78 is 12.0. The molecule has 8 rings (SSSR count). The maximum atomic E-state index is 6.04. The van der Waals surface area contributed by atoms with Crippen LogP contribution in [0.2, 0.25) is 0 Å². The van der Waals surface area contributed by atoms with Gasteiger partial charge in [0.1, 0.15) is 12.2 Å². The van der Waals surface area contributed by atoms with Crippen molar-refractivity contribution in [3.05, 3.63) is 149 Å². The molecule has 1 atom stereocenters. The highest BCUT2D eigenvalue weighted by Gasteiger charge is 2.52. The molecule has 1 spiro atoms. The number of benzene rings is 5. The van der Waals surface area contributed by atoms with E-state index in [2.05, 4.69) is 157 Å². The molecule has 2 aliphatic carbocycles. The minimum atomic E-state index is -0.652. The van der Waals surface area contributed by atoms with E-state index >= 15 is 0 Å². The summed E-state index contributed by atoms with van der Waals surface area (Å²) in [5.41, 5.74) is 15.0. The number of terminal acetylenes is 2. The minimum absolute atomic E-state index is 0.382. The molecular formula is C50H27NO2. The largest absolute Gasteiger partial charge is 0.403 e. The molecule has 0 bridgehead atoms. The lowest BCUT2D eigenvalue weighted by Crippen LogP contribution is -2.26. The SMILES string of the molecule is C#CC#CC#COc1cc2c(cc1OC#CC#CC#C)C1(c3ccccc3-c3cc(-c4cccc(-c5ccccn5)c4)ccc31)c1cc(C)c(C)cc1-2. The molecule has 1 heterocycles. The van der Waals surface area contributed by atoms with Crippen LogP contribution in [0.1, 0.15) is 33.4 Å². The maximum absolute atomic E-state index is 6.04. The second-order valence-corrected chi connectivity index (χ2v) is 12.6. The van der Waals surface area contributed by atoms with Crippen molar-refractivity contribution in [3.63, 3.8) is 0 Å². The fourth-order valence-electron chi connectivity index (χ4n) is 7.53. The van der Waals surface area contributed by atoms with E-state index in [-0.39, 0.29) is 0 Å². The molecule has 53 heavy (non-hydrogen) atoms. The van der Waals surface area contributed by atoms with E-state index in [0.29, 0.717) is 11.5 Å². The van der Waals surface area contributed by atoms with E-state index in [1.54, 1.807) is 0 Å². The third-order valence-corrected chi connectivity index (χ3v) is 9.84.